The van der Waals surface area contributed by atoms with Gasteiger partial charge in [0, 0.05) is 30.2 Å². The smallest absolute Gasteiger partial charge is 0.490 e. The molecule has 4 aromatic carbocycles. The van der Waals surface area contributed by atoms with E-state index in [9.17, 15) is 31.2 Å². The predicted molar refractivity (Wildman–Crippen MR) is 185 cm³/mol. The van der Waals surface area contributed by atoms with E-state index in [0.29, 0.717) is 33.7 Å². The van der Waals surface area contributed by atoms with Gasteiger partial charge < -0.3 is 19.8 Å². The van der Waals surface area contributed by atoms with Crippen molar-refractivity contribution in [1.29, 1.82) is 0 Å². The number of nitrogens with one attached hydrogen (secondary N) is 1. The van der Waals surface area contributed by atoms with Crippen LogP contribution >= 0.6 is 11.6 Å². The van der Waals surface area contributed by atoms with Crippen LogP contribution in [0.4, 0.5) is 22.0 Å². The number of likely N-dealkylation sites (tertiary alicyclic amines) is 1. The highest BCUT2D eigenvalue weighted by molar-refractivity contribution is 7.89. The molecule has 0 radical (unpaired) electrons. The molecule has 0 aromatic heterocycles. The summed E-state index contributed by atoms with van der Waals surface area (Å²) in [5.74, 6) is -8.66. The van der Waals surface area contributed by atoms with E-state index in [1.165, 1.54) is 24.3 Å². The SMILES string of the molecule is O=C([C@@H](N(OC(=O)C(F)(F)F)S(=O)(=O)c1ccc2cc(OC3CCCC3)ccc2c1)C(F)(F)c1ccc(-c2ccc(Cl)cc2)cc1)N1CCC12CNC2. The molecule has 0 bridgehead atoms. The number of nitrogens with zero attached hydrogens (tertiary/aromatic N) is 2. The summed E-state index contributed by atoms with van der Waals surface area (Å²) in [4.78, 5) is 31.2. The lowest BCUT2D eigenvalue weighted by molar-refractivity contribution is -0.241. The van der Waals surface area contributed by atoms with Crippen LogP contribution in [0.1, 0.15) is 37.7 Å². The van der Waals surface area contributed by atoms with Crippen LogP contribution in [0.2, 0.25) is 5.02 Å². The quantitative estimate of drug-likeness (QED) is 0.134. The van der Waals surface area contributed by atoms with Gasteiger partial charge in [0.15, 0.2) is 0 Å². The fourth-order valence-electron chi connectivity index (χ4n) is 6.99. The van der Waals surface area contributed by atoms with Crippen LogP contribution < -0.4 is 10.1 Å². The molecule has 0 unspecified atom stereocenters. The Bertz CT molecular complexity index is 2140. The standard InChI is InChI=1S/C37H33ClF5N3O6S/c38-28-13-7-24(8-14-28)23-5-11-27(12-6-23)36(39,40)32(33(47)45-18-17-35(45)21-44-22-35)46(52-34(48)37(41,42)43)53(49,50)31-16-10-25-19-30(15-9-26(25)20-31)51-29-3-1-2-4-29/h5-16,19-20,29,32,44H,1-4,17-18,21-22H2/t32-/m1/s1. The van der Waals surface area contributed by atoms with Gasteiger partial charge in [-0.15, -0.1) is 0 Å². The minimum Gasteiger partial charge on any atom is -0.490 e. The van der Waals surface area contributed by atoms with Crippen molar-refractivity contribution >= 4 is 44.3 Å². The van der Waals surface area contributed by atoms with Gasteiger partial charge in [-0.1, -0.05) is 60.1 Å². The molecule has 4 aromatic rings. The Morgan fingerprint density at radius 2 is 1.47 bits per heavy atom. The van der Waals surface area contributed by atoms with Crippen LogP contribution in [-0.4, -0.2) is 73.2 Å². The molecule has 1 N–H and O–H groups in total. The number of benzene rings is 4. The van der Waals surface area contributed by atoms with Crippen molar-refractivity contribution in [2.75, 3.05) is 19.6 Å². The highest BCUT2D eigenvalue weighted by Crippen LogP contribution is 2.43. The van der Waals surface area contributed by atoms with Gasteiger partial charge in [0.2, 0.25) is 6.04 Å². The normalized spacial score (nSPS) is 18.1. The van der Waals surface area contributed by atoms with Gasteiger partial charge in [-0.05, 0) is 94.9 Å². The predicted octanol–water partition coefficient (Wildman–Crippen LogP) is 7.23. The molecule has 1 amide bonds. The van der Waals surface area contributed by atoms with Crippen LogP contribution in [0.25, 0.3) is 21.9 Å². The summed E-state index contributed by atoms with van der Waals surface area (Å²) < 4.78 is 109. The van der Waals surface area contributed by atoms with Gasteiger partial charge in [0.25, 0.3) is 15.9 Å². The monoisotopic (exact) mass is 777 g/mol. The molecule has 9 nitrogen and oxygen atoms in total. The van der Waals surface area contributed by atoms with E-state index in [2.05, 4.69) is 10.2 Å². The fraction of sp³-hybridized carbons (Fsp3) is 0.351. The molecular formula is C37H33ClF5N3O6S. The first-order valence-corrected chi connectivity index (χ1v) is 18.7. The van der Waals surface area contributed by atoms with Gasteiger partial charge in [-0.2, -0.15) is 22.0 Å². The van der Waals surface area contributed by atoms with Gasteiger partial charge in [0.1, 0.15) is 5.75 Å². The Labute approximate surface area is 306 Å². The van der Waals surface area contributed by atoms with E-state index in [0.717, 1.165) is 54.8 Å². The summed E-state index contributed by atoms with van der Waals surface area (Å²) in [6.45, 7) is 0.309. The summed E-state index contributed by atoms with van der Waals surface area (Å²) in [6.07, 6.45) is -1.58. The number of halogens is 6. The third-order valence-corrected chi connectivity index (χ3v) is 12.0. The second-order valence-corrected chi connectivity index (χ2v) is 15.7. The highest BCUT2D eigenvalue weighted by Gasteiger charge is 2.62. The lowest BCUT2D eigenvalue weighted by Crippen LogP contribution is -2.79. The van der Waals surface area contributed by atoms with Crippen molar-refractivity contribution in [1.82, 2.24) is 14.7 Å². The Hall–Kier alpha value is -4.31. The number of carbonyl (C=O) groups is 2. The van der Waals surface area contributed by atoms with Crippen LogP contribution in [-0.2, 0) is 30.4 Å². The van der Waals surface area contributed by atoms with Crippen molar-refractivity contribution in [2.24, 2.45) is 0 Å². The van der Waals surface area contributed by atoms with Crippen LogP contribution in [0.3, 0.4) is 0 Å². The average Bonchev–Trinajstić information content (AvgIpc) is 3.59. The molecular weight excluding hydrogens is 745 g/mol. The van der Waals surface area contributed by atoms with Crippen LogP contribution in [0.15, 0.2) is 89.8 Å². The summed E-state index contributed by atoms with van der Waals surface area (Å²) in [7, 11) is -5.61. The van der Waals surface area contributed by atoms with Crippen LogP contribution in [0, 0.1) is 0 Å². The number of alkyl halides is 5. The van der Waals surface area contributed by atoms with Gasteiger partial charge in [-0.3, -0.25) is 4.79 Å². The number of hydrogen-bond acceptors (Lipinski definition) is 7. The maximum atomic E-state index is 17.0. The molecule has 2 aliphatic heterocycles. The Morgan fingerprint density at radius 3 is 2.04 bits per heavy atom. The maximum absolute atomic E-state index is 17.0. The number of hydrogen-bond donors (Lipinski definition) is 1. The fourth-order valence-corrected chi connectivity index (χ4v) is 8.50. The first-order chi connectivity index (χ1) is 25.1. The van der Waals surface area contributed by atoms with E-state index in [-0.39, 0.29) is 31.1 Å². The third kappa shape index (κ3) is 7.07. The number of fused-ring (bicyclic) bond motifs is 1. The number of hydroxylamine groups is 1. The summed E-state index contributed by atoms with van der Waals surface area (Å²) >= 11 is 5.96. The van der Waals surface area contributed by atoms with Crippen LogP contribution in [0.5, 0.6) is 5.75 Å². The summed E-state index contributed by atoms with van der Waals surface area (Å²) in [5, 5.41) is 4.12. The average molecular weight is 778 g/mol. The molecule has 1 spiro atoms. The lowest BCUT2D eigenvalue weighted by atomic mass is 9.78. The number of rotatable bonds is 10. The molecule has 16 heteroatoms. The Morgan fingerprint density at radius 1 is 0.868 bits per heavy atom. The zero-order valence-corrected chi connectivity index (χ0v) is 29.5. The zero-order chi connectivity index (χ0) is 37.8. The molecule has 1 atom stereocenters. The zero-order valence-electron chi connectivity index (χ0n) is 27.9. The number of amides is 1. The minimum atomic E-state index is -5.81. The Kier molecular flexibility index (Phi) is 9.66. The van der Waals surface area contributed by atoms with Crippen molar-refractivity contribution in [3.63, 3.8) is 0 Å². The molecule has 3 fully saturated rings. The van der Waals surface area contributed by atoms with Gasteiger partial charge in [0.05, 0.1) is 16.5 Å². The highest BCUT2D eigenvalue weighted by atomic mass is 35.5. The molecule has 2 saturated heterocycles. The molecule has 2 heterocycles. The largest absolute Gasteiger partial charge is 0.492 e. The summed E-state index contributed by atoms with van der Waals surface area (Å²) in [5.41, 5.74) is -0.818. The summed E-state index contributed by atoms with van der Waals surface area (Å²) in [6, 6.07) is 15.7. The van der Waals surface area contributed by atoms with E-state index >= 15 is 8.78 Å². The third-order valence-electron chi connectivity index (χ3n) is 10.1. The molecule has 1 aliphatic carbocycles. The topological polar surface area (TPSA) is 105 Å². The Balaban J connectivity index is 1.31. The van der Waals surface area contributed by atoms with Crippen molar-refractivity contribution < 1.29 is 49.5 Å². The van der Waals surface area contributed by atoms with E-state index in [4.69, 9.17) is 16.3 Å². The molecule has 53 heavy (non-hydrogen) atoms. The van der Waals surface area contributed by atoms with Crippen molar-refractivity contribution in [3.8, 4) is 16.9 Å². The first-order valence-electron chi connectivity index (χ1n) is 16.9. The molecule has 7 rings (SSSR count). The maximum Gasteiger partial charge on any atom is 0.492 e. The number of carbonyl (C=O) groups excluding carboxylic acids is 2. The van der Waals surface area contributed by atoms with Gasteiger partial charge >= 0.3 is 18.1 Å². The van der Waals surface area contributed by atoms with Gasteiger partial charge in [-0.25, -0.2) is 13.2 Å². The molecule has 1 saturated carbocycles. The second-order valence-electron chi connectivity index (χ2n) is 13.5. The van der Waals surface area contributed by atoms with E-state index in [1.54, 1.807) is 36.4 Å². The first kappa shape index (κ1) is 37.0. The van der Waals surface area contributed by atoms with Crippen molar-refractivity contribution in [3.05, 3.63) is 95.5 Å². The van der Waals surface area contributed by atoms with E-state index < -0.39 is 60.5 Å². The molecule has 280 valence electrons. The number of sulfonamides is 1. The second kappa shape index (κ2) is 13.8. The minimum absolute atomic E-state index is 0.0232. The molecule has 3 aliphatic rings. The van der Waals surface area contributed by atoms with E-state index in [1.807, 2.05) is 0 Å². The number of ether oxygens (including phenoxy) is 1. The van der Waals surface area contributed by atoms with Crippen molar-refractivity contribution in [2.45, 2.75) is 66.8 Å². The lowest BCUT2D eigenvalue weighted by Gasteiger charge is -2.59.